The summed E-state index contributed by atoms with van der Waals surface area (Å²) in [4.78, 5) is 18.9. The van der Waals surface area contributed by atoms with Gasteiger partial charge in [0.2, 0.25) is 5.91 Å². The number of carbonyl (C=O) groups is 1. The fourth-order valence-electron chi connectivity index (χ4n) is 6.47. The van der Waals surface area contributed by atoms with Gasteiger partial charge in [0.05, 0.1) is 30.7 Å². The van der Waals surface area contributed by atoms with E-state index in [4.69, 9.17) is 10.2 Å². The molecule has 2 bridgehead atoms. The maximum atomic E-state index is 14.6. The van der Waals surface area contributed by atoms with Gasteiger partial charge >= 0.3 is 0 Å². The molecule has 1 aromatic rings. The maximum absolute atomic E-state index is 14.6. The largest absolute Gasteiger partial charge is 0.394 e. The molecule has 3 N–H and O–H groups in total. The highest BCUT2D eigenvalue weighted by Gasteiger charge is 2.38. The number of likely N-dealkylation sites (N-methyl/N-ethyl adjacent to an activating group) is 2. The van der Waals surface area contributed by atoms with E-state index < -0.39 is 6.10 Å². The van der Waals surface area contributed by atoms with E-state index >= 15 is 0 Å². The van der Waals surface area contributed by atoms with E-state index in [1.165, 1.54) is 16.0 Å². The second-order valence-electron chi connectivity index (χ2n) is 11.0. The van der Waals surface area contributed by atoms with Crippen LogP contribution in [-0.2, 0) is 4.79 Å². The zero-order chi connectivity index (χ0) is 26.6. The average molecular weight is 520 g/mol. The lowest BCUT2D eigenvalue weighted by Gasteiger charge is -2.46. The van der Waals surface area contributed by atoms with Gasteiger partial charge in [-0.3, -0.25) is 15.1 Å². The number of allylic oxidation sites excluding steroid dienone is 2. The molecule has 6 rings (SSSR count). The zero-order valence-electron chi connectivity index (χ0n) is 21.8. The molecule has 8 nitrogen and oxygen atoms in total. The van der Waals surface area contributed by atoms with Crippen LogP contribution >= 0.6 is 0 Å². The van der Waals surface area contributed by atoms with Gasteiger partial charge in [0.15, 0.2) is 0 Å². The molecule has 0 saturated carbocycles. The number of hydrogen-bond donors (Lipinski definition) is 3. The van der Waals surface area contributed by atoms with Crippen LogP contribution in [0.3, 0.4) is 0 Å². The van der Waals surface area contributed by atoms with E-state index in [1.807, 2.05) is 19.2 Å². The van der Waals surface area contributed by atoms with E-state index in [9.17, 15) is 14.3 Å². The number of hydrogen-bond acceptors (Lipinski definition) is 7. The van der Waals surface area contributed by atoms with E-state index in [0.717, 1.165) is 65.9 Å². The lowest BCUT2D eigenvalue weighted by atomic mass is 9.80. The Kier molecular flexibility index (Phi) is 6.45. The summed E-state index contributed by atoms with van der Waals surface area (Å²) in [6.45, 7) is 0.758. The summed E-state index contributed by atoms with van der Waals surface area (Å²) in [6, 6.07) is 3.56. The lowest BCUT2D eigenvalue weighted by molar-refractivity contribution is -0.134. The van der Waals surface area contributed by atoms with Gasteiger partial charge in [-0.05, 0) is 54.2 Å². The normalized spacial score (nSPS) is 24.6. The third kappa shape index (κ3) is 4.38. The van der Waals surface area contributed by atoms with Crippen LogP contribution in [0.15, 0.2) is 52.4 Å². The smallest absolute Gasteiger partial charge is 0.236 e. The predicted octanol–water partition coefficient (Wildman–Crippen LogP) is 2.07. The number of halogens is 1. The Morgan fingerprint density at radius 3 is 2.95 bits per heavy atom. The number of aliphatic hydroxyl groups excluding tert-OH is 2. The Hall–Kier alpha value is -3.27. The Balaban J connectivity index is 1.33. The van der Waals surface area contributed by atoms with Crippen molar-refractivity contribution in [2.24, 2.45) is 5.10 Å². The maximum Gasteiger partial charge on any atom is 0.236 e. The number of carbonyl (C=O) groups excluding carboxylic acids is 1. The van der Waals surface area contributed by atoms with Gasteiger partial charge in [-0.2, -0.15) is 5.10 Å². The first kappa shape index (κ1) is 25.0. The molecule has 1 amide bonds. The van der Waals surface area contributed by atoms with Crippen LogP contribution in [-0.4, -0.2) is 95.1 Å². The molecule has 0 aromatic heterocycles. The van der Waals surface area contributed by atoms with Crippen molar-refractivity contribution in [2.45, 2.75) is 43.9 Å². The van der Waals surface area contributed by atoms with Crippen molar-refractivity contribution in [3.63, 3.8) is 0 Å². The molecule has 1 aliphatic carbocycles. The standard InChI is InChI=1S/C29H34FN5O3/c1-33-13-24(29-25(14-33)23-11-19(30)8-17-6-7-26(28(17)23)31-32-29)18-9-20-4-3-5-21(10-18)35(20)15-27(38)34(2)12-22(37)16-36/h6-9,11,14,20-22,32,36-37H,3-5,10,12-13,15-16H2,1-2H3. The highest BCUT2D eigenvalue weighted by Crippen LogP contribution is 2.42. The first-order valence-corrected chi connectivity index (χ1v) is 13.3. The quantitative estimate of drug-likeness (QED) is 0.533. The van der Waals surface area contributed by atoms with E-state index in [1.54, 1.807) is 19.2 Å². The topological polar surface area (TPSA) is 91.6 Å². The first-order valence-electron chi connectivity index (χ1n) is 13.3. The van der Waals surface area contributed by atoms with Crippen molar-refractivity contribution >= 4 is 23.3 Å². The van der Waals surface area contributed by atoms with Crippen LogP contribution in [0.25, 0.3) is 11.6 Å². The van der Waals surface area contributed by atoms with E-state index in [-0.39, 0.29) is 37.0 Å². The van der Waals surface area contributed by atoms with Crippen LogP contribution < -0.4 is 5.43 Å². The minimum absolute atomic E-state index is 0.0554. The minimum atomic E-state index is -0.934. The molecule has 1 aromatic carbocycles. The summed E-state index contributed by atoms with van der Waals surface area (Å²) in [5.74, 6) is -0.315. The van der Waals surface area contributed by atoms with E-state index in [2.05, 4.69) is 27.5 Å². The van der Waals surface area contributed by atoms with Crippen molar-refractivity contribution in [1.29, 1.82) is 0 Å². The number of piperidine rings is 1. The Labute approximate surface area is 222 Å². The zero-order valence-corrected chi connectivity index (χ0v) is 21.8. The monoisotopic (exact) mass is 519 g/mol. The minimum Gasteiger partial charge on any atom is -0.394 e. The summed E-state index contributed by atoms with van der Waals surface area (Å²) in [5.41, 5.74) is 11.1. The highest BCUT2D eigenvalue weighted by atomic mass is 19.1. The van der Waals surface area contributed by atoms with Gasteiger partial charge in [-0.15, -0.1) is 0 Å². The van der Waals surface area contributed by atoms with Gasteiger partial charge in [-0.1, -0.05) is 18.6 Å². The summed E-state index contributed by atoms with van der Waals surface area (Å²) in [6.07, 6.45) is 11.2. The SMILES string of the molecule is CN1C=C2C(=C(C3=CC4CCCC(C3)N4CC(=O)N(C)CC(O)CO)C1)NN=C1C=Cc3cc(F)cc2c31. The molecule has 1 fully saturated rings. The fraction of sp³-hybridized carbons (Fsp3) is 0.448. The average Bonchev–Trinajstić information content (AvgIpc) is 3.21. The summed E-state index contributed by atoms with van der Waals surface area (Å²) >= 11 is 0. The molecule has 9 heteroatoms. The first-order chi connectivity index (χ1) is 18.3. The molecule has 4 heterocycles. The predicted molar refractivity (Wildman–Crippen MR) is 144 cm³/mol. The Bertz CT molecular complexity index is 1330. The second kappa shape index (κ2) is 9.80. The molecule has 5 aliphatic rings. The number of amides is 1. The lowest BCUT2D eigenvalue weighted by Crippen LogP contribution is -2.53. The van der Waals surface area contributed by atoms with Gasteiger partial charge in [0.25, 0.3) is 0 Å². The molecular formula is C29H34FN5O3. The molecule has 200 valence electrons. The number of benzene rings is 1. The molecule has 1 saturated heterocycles. The van der Waals surface area contributed by atoms with Crippen molar-refractivity contribution in [3.8, 4) is 0 Å². The Morgan fingerprint density at radius 2 is 2.16 bits per heavy atom. The second-order valence-corrected chi connectivity index (χ2v) is 11.0. The number of nitrogens with one attached hydrogen (secondary N) is 1. The molecule has 4 aliphatic heterocycles. The van der Waals surface area contributed by atoms with Crippen LogP contribution in [0, 0.1) is 5.82 Å². The van der Waals surface area contributed by atoms with Crippen LogP contribution in [0.2, 0.25) is 0 Å². The highest BCUT2D eigenvalue weighted by molar-refractivity contribution is 6.20. The number of fused-ring (bicyclic) bond motifs is 4. The number of nitrogens with zero attached hydrogens (tertiary/aromatic N) is 4. The van der Waals surface area contributed by atoms with Gasteiger partial charge < -0.3 is 20.0 Å². The molecule has 0 spiro atoms. The fourth-order valence-corrected chi connectivity index (χ4v) is 6.47. The summed E-state index contributed by atoms with van der Waals surface area (Å²) in [7, 11) is 3.71. The molecule has 38 heavy (non-hydrogen) atoms. The van der Waals surface area contributed by atoms with Gasteiger partial charge in [0.1, 0.15) is 5.82 Å². The third-order valence-corrected chi connectivity index (χ3v) is 8.32. The molecule has 0 radical (unpaired) electrons. The van der Waals surface area contributed by atoms with Crippen LogP contribution in [0.4, 0.5) is 4.39 Å². The molecule has 3 atom stereocenters. The van der Waals surface area contributed by atoms with Crippen LogP contribution in [0.5, 0.6) is 0 Å². The van der Waals surface area contributed by atoms with Crippen LogP contribution in [0.1, 0.15) is 42.4 Å². The molecule has 3 unspecified atom stereocenters. The van der Waals surface area contributed by atoms with Crippen molar-refractivity contribution in [2.75, 3.05) is 40.3 Å². The number of aliphatic hydroxyl groups is 2. The Morgan fingerprint density at radius 1 is 1.32 bits per heavy atom. The van der Waals surface area contributed by atoms with Crippen molar-refractivity contribution < 1.29 is 19.4 Å². The van der Waals surface area contributed by atoms with Crippen molar-refractivity contribution in [1.82, 2.24) is 20.1 Å². The van der Waals surface area contributed by atoms with Gasteiger partial charge in [0, 0.05) is 62.2 Å². The number of hydrazone groups is 1. The number of rotatable bonds is 6. The van der Waals surface area contributed by atoms with Gasteiger partial charge in [-0.25, -0.2) is 4.39 Å². The van der Waals surface area contributed by atoms with Crippen molar-refractivity contribution in [3.05, 3.63) is 69.8 Å². The summed E-state index contributed by atoms with van der Waals surface area (Å²) < 4.78 is 14.6. The summed E-state index contributed by atoms with van der Waals surface area (Å²) in [5, 5.41) is 23.6. The third-order valence-electron chi connectivity index (χ3n) is 8.32. The van der Waals surface area contributed by atoms with E-state index in [0.29, 0.717) is 6.54 Å². The molecular weight excluding hydrogens is 485 g/mol.